The second kappa shape index (κ2) is 16.6. The van der Waals surface area contributed by atoms with E-state index in [-0.39, 0.29) is 23.0 Å². The molecule has 0 saturated heterocycles. The molecule has 0 unspecified atom stereocenters. The Labute approximate surface area is 321 Å². The molecule has 3 aromatic carbocycles. The highest BCUT2D eigenvalue weighted by Gasteiger charge is 2.35. The second-order valence-electron chi connectivity index (χ2n) is 11.0. The highest BCUT2D eigenvalue weighted by atomic mass is 79.9. The number of pyridine rings is 1. The fraction of sp³-hybridized carbons (Fsp3) is 0.0857. The molecule has 278 valence electrons. The lowest BCUT2D eigenvalue weighted by molar-refractivity contribution is -0.137. The molecule has 3 N–H and O–H groups in total. The minimum atomic E-state index is -4.70. The third kappa shape index (κ3) is 8.92. The number of carbonyl (C=O) groups is 3. The lowest BCUT2D eigenvalue weighted by atomic mass is 10.1. The van der Waals surface area contributed by atoms with E-state index in [1.165, 1.54) is 48.3 Å². The van der Waals surface area contributed by atoms with Crippen LogP contribution < -0.4 is 16.0 Å². The van der Waals surface area contributed by atoms with E-state index in [0.29, 0.717) is 31.7 Å². The Hall–Kier alpha value is -5.65. The molecule has 0 radical (unpaired) electrons. The van der Waals surface area contributed by atoms with Gasteiger partial charge in [-0.2, -0.15) is 18.3 Å². The van der Waals surface area contributed by atoms with Gasteiger partial charge in [0.1, 0.15) is 16.0 Å². The van der Waals surface area contributed by atoms with Crippen molar-refractivity contribution in [3.05, 3.63) is 145 Å². The van der Waals surface area contributed by atoms with Crippen molar-refractivity contribution in [1.29, 1.82) is 0 Å². The molecule has 3 aromatic heterocycles. The summed E-state index contributed by atoms with van der Waals surface area (Å²) >= 11 is 15.5. The van der Waals surface area contributed by atoms with Gasteiger partial charge in [-0.25, -0.2) is 23.1 Å². The van der Waals surface area contributed by atoms with Gasteiger partial charge in [-0.05, 0) is 76.9 Å². The van der Waals surface area contributed by atoms with E-state index in [4.69, 9.17) is 23.2 Å². The summed E-state index contributed by atoms with van der Waals surface area (Å²) < 4.78 is 69.0. The zero-order valence-corrected chi connectivity index (χ0v) is 30.7. The molecular weight excluding hydrogens is 826 g/mol. The van der Waals surface area contributed by atoms with Crippen molar-refractivity contribution >= 4 is 68.4 Å². The first kappa shape index (κ1) is 39.6. The van der Waals surface area contributed by atoms with Crippen LogP contribution in [0.1, 0.15) is 42.3 Å². The molecule has 0 atom stereocenters. The first-order valence-corrected chi connectivity index (χ1v) is 16.8. The van der Waals surface area contributed by atoms with E-state index >= 15 is 0 Å². The van der Waals surface area contributed by atoms with Crippen molar-refractivity contribution in [2.24, 2.45) is 0 Å². The first-order valence-electron chi connectivity index (χ1n) is 15.3. The molecule has 11 nitrogen and oxygen atoms in total. The van der Waals surface area contributed by atoms with Gasteiger partial charge >= 0.3 is 6.18 Å². The number of aryl methyl sites for hydroxylation is 1. The van der Waals surface area contributed by atoms with Crippen LogP contribution in [-0.2, 0) is 6.18 Å². The van der Waals surface area contributed by atoms with E-state index in [1.54, 1.807) is 31.3 Å². The number of halogens is 8. The van der Waals surface area contributed by atoms with Gasteiger partial charge in [-0.15, -0.1) is 5.10 Å². The maximum absolute atomic E-state index is 13.7. The molecular formula is C35H24BrCl2F5N8O3. The average molecular weight is 850 g/mol. The van der Waals surface area contributed by atoms with Crippen LogP contribution in [0, 0.1) is 18.6 Å². The topological polar surface area (TPSA) is 136 Å². The molecule has 0 aliphatic carbocycles. The van der Waals surface area contributed by atoms with Gasteiger partial charge < -0.3 is 16.0 Å². The summed E-state index contributed by atoms with van der Waals surface area (Å²) in [5.41, 5.74) is -0.732. The van der Waals surface area contributed by atoms with Crippen LogP contribution in [0.2, 0.25) is 10.0 Å². The van der Waals surface area contributed by atoms with Crippen LogP contribution in [0.25, 0.3) is 11.5 Å². The molecule has 0 aliphatic heterocycles. The fourth-order valence-corrected chi connectivity index (χ4v) is 5.79. The zero-order valence-electron chi connectivity index (χ0n) is 27.6. The van der Waals surface area contributed by atoms with Gasteiger partial charge in [-0.1, -0.05) is 41.4 Å². The smallest absolute Gasteiger partial charge is 0.355 e. The number of rotatable bonds is 7. The van der Waals surface area contributed by atoms with Crippen molar-refractivity contribution in [1.82, 2.24) is 29.9 Å². The van der Waals surface area contributed by atoms with Crippen LogP contribution >= 0.6 is 39.1 Å². The van der Waals surface area contributed by atoms with Gasteiger partial charge in [0.2, 0.25) is 0 Å². The number of aromatic nitrogens is 5. The third-order valence-electron chi connectivity index (χ3n) is 7.34. The predicted octanol–water partition coefficient (Wildman–Crippen LogP) is 8.68. The predicted molar refractivity (Wildman–Crippen MR) is 194 cm³/mol. The van der Waals surface area contributed by atoms with E-state index < -0.39 is 46.4 Å². The summed E-state index contributed by atoms with van der Waals surface area (Å²) in [4.78, 5) is 41.6. The quantitative estimate of drug-likeness (QED) is 0.138. The summed E-state index contributed by atoms with van der Waals surface area (Å²) in [7, 11) is 1.50. The van der Waals surface area contributed by atoms with E-state index in [0.717, 1.165) is 35.0 Å². The highest BCUT2D eigenvalue weighted by Crippen LogP contribution is 2.32. The summed E-state index contributed by atoms with van der Waals surface area (Å²) in [5.74, 6) is -3.52. The fourth-order valence-electron chi connectivity index (χ4n) is 4.94. The van der Waals surface area contributed by atoms with Crippen molar-refractivity contribution in [3.63, 3.8) is 0 Å². The summed E-state index contributed by atoms with van der Waals surface area (Å²) in [5, 5.41) is 16.2. The van der Waals surface area contributed by atoms with E-state index in [1.807, 2.05) is 0 Å². The minimum absolute atomic E-state index is 0.158. The number of nitrogens with zero attached hydrogens (tertiary/aromatic N) is 5. The van der Waals surface area contributed by atoms with Gasteiger partial charge in [-0.3, -0.25) is 14.4 Å². The van der Waals surface area contributed by atoms with Crippen LogP contribution in [-0.4, -0.2) is 49.3 Å². The molecule has 0 saturated carbocycles. The van der Waals surface area contributed by atoms with E-state index in [9.17, 15) is 36.3 Å². The van der Waals surface area contributed by atoms with Crippen molar-refractivity contribution in [3.8, 4) is 11.5 Å². The molecule has 0 spiro atoms. The maximum Gasteiger partial charge on any atom is 0.417 e. The average Bonchev–Trinajstić information content (AvgIpc) is 3.75. The lowest BCUT2D eigenvalue weighted by Gasteiger charge is -2.14. The number of alkyl halides is 3. The molecule has 0 aliphatic rings. The number of hydrogen-bond acceptors (Lipinski definition) is 6. The highest BCUT2D eigenvalue weighted by molar-refractivity contribution is 9.10. The molecule has 6 aromatic rings. The molecule has 19 heteroatoms. The van der Waals surface area contributed by atoms with Gasteiger partial charge in [0, 0.05) is 36.6 Å². The summed E-state index contributed by atoms with van der Waals surface area (Å²) in [6, 6.07) is 16.7. The Kier molecular flexibility index (Phi) is 12.1. The first-order chi connectivity index (χ1) is 25.6. The second-order valence-corrected chi connectivity index (χ2v) is 12.6. The standard InChI is InChI=1S/C18H14BrCl2N5O2.C17H10F5N3O/c1-9-6-10(20)7-11(17(27)22-2)15(9)24-18(28)13-8-14(19)25-26(13)16-12(21)4-3-5-23-16;18-12-6-3-7-13(19)15(12)25-9-8-14(24-25)23-16(26)10-4-1-2-5-11(10)17(20,21)22/h3-8H,1-2H3,(H,22,27)(H,24,28);1-9H,(H,23,24,26). The Bertz CT molecular complexity index is 2370. The van der Waals surface area contributed by atoms with Crippen molar-refractivity contribution < 1.29 is 36.3 Å². The molecule has 3 amide bonds. The summed E-state index contributed by atoms with van der Waals surface area (Å²) in [6.07, 6.45) is -1.98. The number of amides is 3. The van der Waals surface area contributed by atoms with Gasteiger partial charge in [0.15, 0.2) is 23.3 Å². The molecule has 3 heterocycles. The van der Waals surface area contributed by atoms with Crippen LogP contribution in [0.3, 0.4) is 0 Å². The molecule has 0 fully saturated rings. The Balaban J connectivity index is 0.000000208. The van der Waals surface area contributed by atoms with Crippen LogP contribution in [0.4, 0.5) is 33.5 Å². The monoisotopic (exact) mass is 848 g/mol. The lowest BCUT2D eigenvalue weighted by Crippen LogP contribution is -2.23. The van der Waals surface area contributed by atoms with Crippen molar-refractivity contribution in [2.75, 3.05) is 17.7 Å². The number of anilines is 2. The molecule has 54 heavy (non-hydrogen) atoms. The number of carbonyl (C=O) groups excluding carboxylic acids is 3. The third-order valence-corrected chi connectivity index (χ3v) is 8.24. The number of para-hydroxylation sites is 1. The van der Waals surface area contributed by atoms with E-state index in [2.05, 4.69) is 47.1 Å². The number of benzene rings is 3. The Morgan fingerprint density at radius 2 is 1.52 bits per heavy atom. The maximum atomic E-state index is 13.7. The Morgan fingerprint density at radius 3 is 2.19 bits per heavy atom. The van der Waals surface area contributed by atoms with Crippen molar-refractivity contribution in [2.45, 2.75) is 13.1 Å². The summed E-state index contributed by atoms with van der Waals surface area (Å²) in [6.45, 7) is 1.75. The van der Waals surface area contributed by atoms with Gasteiger partial charge in [0.25, 0.3) is 17.7 Å². The Morgan fingerprint density at radius 1 is 0.815 bits per heavy atom. The normalized spacial score (nSPS) is 11.0. The van der Waals surface area contributed by atoms with Crippen LogP contribution in [0.15, 0.2) is 95.9 Å². The number of nitrogens with one attached hydrogen (secondary N) is 3. The number of hydrogen-bond donors (Lipinski definition) is 3. The van der Waals surface area contributed by atoms with Gasteiger partial charge in [0.05, 0.1) is 27.4 Å². The SMILES string of the molecule is CNC(=O)c1cc(Cl)cc(C)c1NC(=O)c1cc(Br)nn1-c1ncccc1Cl.O=C(Nc1ccn(-c2c(F)cccc2F)n1)c1ccccc1C(F)(F)F. The molecule has 0 bridgehead atoms. The zero-order chi connectivity index (χ0) is 39.3. The minimum Gasteiger partial charge on any atom is -0.355 e. The largest absolute Gasteiger partial charge is 0.417 e. The molecule has 6 rings (SSSR count). The van der Waals surface area contributed by atoms with Crippen LogP contribution in [0.5, 0.6) is 0 Å².